The standard InChI is InChI=1S/C8H8F3NO2/c9-8(10,11)6(14)12-3-7(4-12)1-5(13)2-7/h1-4H2. The fourth-order valence-electron chi connectivity index (χ4n) is 2.09. The highest BCUT2D eigenvalue weighted by molar-refractivity contribution is 5.89. The largest absolute Gasteiger partial charge is 0.471 e. The summed E-state index contributed by atoms with van der Waals surface area (Å²) in [6, 6.07) is 0. The van der Waals surface area contributed by atoms with Crippen LogP contribution in [0.5, 0.6) is 0 Å². The van der Waals surface area contributed by atoms with Crippen LogP contribution in [0.3, 0.4) is 0 Å². The average Bonchev–Trinajstić information content (AvgIpc) is 1.90. The number of alkyl halides is 3. The Kier molecular flexibility index (Phi) is 1.69. The second-order valence-electron chi connectivity index (χ2n) is 4.05. The van der Waals surface area contributed by atoms with Gasteiger partial charge in [0.2, 0.25) is 0 Å². The lowest BCUT2D eigenvalue weighted by Gasteiger charge is -2.54. The number of rotatable bonds is 0. The van der Waals surface area contributed by atoms with Crippen LogP contribution in [-0.4, -0.2) is 35.9 Å². The lowest BCUT2D eigenvalue weighted by atomic mass is 9.63. The van der Waals surface area contributed by atoms with Crippen molar-refractivity contribution in [1.29, 1.82) is 0 Å². The molecule has 0 atom stereocenters. The third kappa shape index (κ3) is 1.29. The maximum Gasteiger partial charge on any atom is 0.471 e. The highest BCUT2D eigenvalue weighted by Crippen LogP contribution is 2.46. The first kappa shape index (κ1) is 9.48. The minimum absolute atomic E-state index is 0.0732. The molecule has 1 saturated heterocycles. The van der Waals surface area contributed by atoms with Gasteiger partial charge in [0, 0.05) is 31.3 Å². The lowest BCUT2D eigenvalue weighted by Crippen LogP contribution is -2.65. The zero-order chi connectivity index (χ0) is 10.6. The maximum atomic E-state index is 11.9. The van der Waals surface area contributed by atoms with Gasteiger partial charge in [-0.05, 0) is 0 Å². The molecule has 0 aromatic carbocycles. The second-order valence-corrected chi connectivity index (χ2v) is 4.05. The number of carbonyl (C=O) groups is 2. The van der Waals surface area contributed by atoms with Gasteiger partial charge in [0.05, 0.1) is 0 Å². The van der Waals surface area contributed by atoms with Gasteiger partial charge in [0.1, 0.15) is 5.78 Å². The summed E-state index contributed by atoms with van der Waals surface area (Å²) in [7, 11) is 0. The van der Waals surface area contributed by atoms with E-state index in [1.54, 1.807) is 0 Å². The van der Waals surface area contributed by atoms with Crippen LogP contribution in [0.1, 0.15) is 12.8 Å². The third-order valence-corrected chi connectivity index (χ3v) is 2.73. The third-order valence-electron chi connectivity index (χ3n) is 2.73. The number of hydrogen-bond acceptors (Lipinski definition) is 2. The molecule has 2 aliphatic rings. The number of Topliss-reactive ketones (excluding diaryl/α,β-unsaturated/α-hetero) is 1. The first-order chi connectivity index (χ1) is 6.32. The number of ketones is 1. The van der Waals surface area contributed by atoms with Crippen molar-refractivity contribution in [2.45, 2.75) is 19.0 Å². The fraction of sp³-hybridized carbons (Fsp3) is 0.750. The maximum absolute atomic E-state index is 11.9. The van der Waals surface area contributed by atoms with E-state index < -0.39 is 12.1 Å². The molecule has 1 heterocycles. The Bertz CT molecular complexity index is 294. The van der Waals surface area contributed by atoms with Crippen LogP contribution in [0, 0.1) is 5.41 Å². The normalized spacial score (nSPS) is 24.5. The average molecular weight is 207 g/mol. The van der Waals surface area contributed by atoms with Crippen molar-refractivity contribution in [3.63, 3.8) is 0 Å². The molecule has 0 bridgehead atoms. The van der Waals surface area contributed by atoms with Gasteiger partial charge < -0.3 is 4.90 Å². The van der Waals surface area contributed by atoms with E-state index in [1.165, 1.54) is 0 Å². The molecule has 1 spiro atoms. The van der Waals surface area contributed by atoms with Gasteiger partial charge >= 0.3 is 12.1 Å². The first-order valence-electron chi connectivity index (χ1n) is 4.20. The van der Waals surface area contributed by atoms with Gasteiger partial charge in [-0.1, -0.05) is 0 Å². The highest BCUT2D eigenvalue weighted by atomic mass is 19.4. The molecular formula is C8H8F3NO2. The van der Waals surface area contributed by atoms with Gasteiger partial charge in [0.15, 0.2) is 0 Å². The van der Waals surface area contributed by atoms with Crippen molar-refractivity contribution < 1.29 is 22.8 Å². The van der Waals surface area contributed by atoms with Gasteiger partial charge in [-0.2, -0.15) is 13.2 Å². The molecule has 0 N–H and O–H groups in total. The van der Waals surface area contributed by atoms with E-state index >= 15 is 0 Å². The number of carbonyl (C=O) groups excluding carboxylic acids is 2. The summed E-state index contributed by atoms with van der Waals surface area (Å²) in [5.41, 5.74) is -0.308. The molecule has 0 unspecified atom stereocenters. The molecular weight excluding hydrogens is 199 g/mol. The van der Waals surface area contributed by atoms with E-state index in [0.29, 0.717) is 12.8 Å². The predicted octanol–water partition coefficient (Wildman–Crippen LogP) is 0.740. The SMILES string of the molecule is O=C1CC2(C1)CN(C(=O)C(F)(F)F)C2. The number of hydrogen-bond donors (Lipinski definition) is 0. The fourth-order valence-corrected chi connectivity index (χ4v) is 2.09. The Morgan fingerprint density at radius 3 is 2.14 bits per heavy atom. The van der Waals surface area contributed by atoms with E-state index in [1.807, 2.05) is 0 Å². The molecule has 0 aromatic rings. The van der Waals surface area contributed by atoms with Gasteiger partial charge in [-0.15, -0.1) is 0 Å². The van der Waals surface area contributed by atoms with Crippen LogP contribution >= 0.6 is 0 Å². The summed E-state index contributed by atoms with van der Waals surface area (Å²) in [6.07, 6.45) is -4.13. The molecule has 6 heteroatoms. The summed E-state index contributed by atoms with van der Waals surface area (Å²) in [5, 5.41) is 0. The number of halogens is 3. The smallest absolute Gasteiger partial charge is 0.334 e. The van der Waals surface area contributed by atoms with E-state index in [-0.39, 0.29) is 24.3 Å². The Hall–Kier alpha value is -1.07. The Morgan fingerprint density at radius 2 is 1.79 bits per heavy atom. The van der Waals surface area contributed by atoms with Crippen LogP contribution in [0.15, 0.2) is 0 Å². The summed E-state index contributed by atoms with van der Waals surface area (Å²) >= 11 is 0. The molecule has 14 heavy (non-hydrogen) atoms. The molecule has 0 aromatic heterocycles. The van der Waals surface area contributed by atoms with Crippen LogP contribution in [0.4, 0.5) is 13.2 Å². The molecule has 78 valence electrons. The highest BCUT2D eigenvalue weighted by Gasteiger charge is 2.57. The zero-order valence-electron chi connectivity index (χ0n) is 7.23. The lowest BCUT2D eigenvalue weighted by molar-refractivity contribution is -0.200. The molecule has 0 radical (unpaired) electrons. The summed E-state index contributed by atoms with van der Waals surface area (Å²) in [6.45, 7) is 0.161. The Labute approximate surface area is 77.9 Å². The monoisotopic (exact) mass is 207 g/mol. The Balaban J connectivity index is 1.89. The Morgan fingerprint density at radius 1 is 1.29 bits per heavy atom. The van der Waals surface area contributed by atoms with Crippen molar-refractivity contribution >= 4 is 11.7 Å². The molecule has 1 saturated carbocycles. The van der Waals surface area contributed by atoms with E-state index in [2.05, 4.69) is 0 Å². The molecule has 2 rings (SSSR count). The minimum atomic E-state index is -4.78. The quantitative estimate of drug-likeness (QED) is 0.587. The van der Waals surface area contributed by atoms with Crippen molar-refractivity contribution in [3.8, 4) is 0 Å². The van der Waals surface area contributed by atoms with E-state index in [9.17, 15) is 22.8 Å². The van der Waals surface area contributed by atoms with Gasteiger partial charge in [-0.3, -0.25) is 9.59 Å². The van der Waals surface area contributed by atoms with Crippen molar-refractivity contribution in [1.82, 2.24) is 4.90 Å². The molecule has 3 nitrogen and oxygen atoms in total. The molecule has 2 fully saturated rings. The number of nitrogens with zero attached hydrogens (tertiary/aromatic N) is 1. The predicted molar refractivity (Wildman–Crippen MR) is 39.3 cm³/mol. The van der Waals surface area contributed by atoms with Crippen LogP contribution in [0.2, 0.25) is 0 Å². The number of likely N-dealkylation sites (tertiary alicyclic amines) is 1. The minimum Gasteiger partial charge on any atom is -0.334 e. The second kappa shape index (κ2) is 2.49. The topological polar surface area (TPSA) is 37.4 Å². The molecule has 1 aliphatic carbocycles. The van der Waals surface area contributed by atoms with Gasteiger partial charge in [-0.25, -0.2) is 0 Å². The van der Waals surface area contributed by atoms with Crippen LogP contribution in [-0.2, 0) is 9.59 Å². The van der Waals surface area contributed by atoms with Crippen molar-refractivity contribution in [2.75, 3.05) is 13.1 Å². The van der Waals surface area contributed by atoms with Crippen LogP contribution < -0.4 is 0 Å². The van der Waals surface area contributed by atoms with Gasteiger partial charge in [0.25, 0.3) is 0 Å². The summed E-state index contributed by atoms with van der Waals surface area (Å²) in [4.78, 5) is 22.1. The van der Waals surface area contributed by atoms with Crippen LogP contribution in [0.25, 0.3) is 0 Å². The van der Waals surface area contributed by atoms with Crippen molar-refractivity contribution in [3.05, 3.63) is 0 Å². The zero-order valence-corrected chi connectivity index (χ0v) is 7.23. The van der Waals surface area contributed by atoms with Crippen molar-refractivity contribution in [2.24, 2.45) is 5.41 Å². The molecule has 1 amide bonds. The summed E-state index contributed by atoms with van der Waals surface area (Å²) < 4.78 is 35.7. The van der Waals surface area contributed by atoms with E-state index in [4.69, 9.17) is 0 Å². The summed E-state index contributed by atoms with van der Waals surface area (Å²) in [5.74, 6) is -1.72. The van der Waals surface area contributed by atoms with E-state index in [0.717, 1.165) is 4.90 Å². The number of amides is 1. The first-order valence-corrected chi connectivity index (χ1v) is 4.20. The molecule has 1 aliphatic heterocycles.